The predicted octanol–water partition coefficient (Wildman–Crippen LogP) is 2.60. The summed E-state index contributed by atoms with van der Waals surface area (Å²) in [5, 5.41) is 20.0. The molecule has 1 aromatic carbocycles. The number of nitrogens with two attached hydrogens (primary N) is 1. The molecule has 2 bridgehead atoms. The van der Waals surface area contributed by atoms with Gasteiger partial charge in [0.15, 0.2) is 0 Å². The topological polar surface area (TPSA) is 102 Å². The molecule has 3 aromatic rings. The smallest absolute Gasteiger partial charge is 0.254 e. The second kappa shape index (κ2) is 7.64. The largest absolute Gasteiger partial charge is 0.333 e. The minimum atomic E-state index is 0.113. The number of quaternary nitrogens is 1. The number of amides is 1. The highest BCUT2D eigenvalue weighted by Gasteiger charge is 2.39. The molecule has 2 aliphatic heterocycles. The van der Waals surface area contributed by atoms with Gasteiger partial charge in [-0.25, -0.2) is 4.98 Å². The highest BCUT2D eigenvalue weighted by Crippen LogP contribution is 2.36. The third kappa shape index (κ3) is 3.20. The van der Waals surface area contributed by atoms with Crippen LogP contribution in [0.2, 0.25) is 0 Å². The van der Waals surface area contributed by atoms with Crippen molar-refractivity contribution in [2.24, 2.45) is 0 Å². The van der Waals surface area contributed by atoms with Crippen molar-refractivity contribution in [2.45, 2.75) is 44.2 Å². The lowest BCUT2D eigenvalue weighted by molar-refractivity contribution is -0.539. The summed E-state index contributed by atoms with van der Waals surface area (Å²) in [6.07, 6.45) is 9.02. The quantitative estimate of drug-likeness (QED) is 0.508. The number of pyridine rings is 1. The second-order valence-electron chi connectivity index (χ2n) is 8.40. The fraction of sp³-hybridized carbons (Fsp3) is 0.333. The third-order valence-corrected chi connectivity index (χ3v) is 6.70. The molecule has 3 N–H and O–H groups in total. The van der Waals surface area contributed by atoms with Crippen LogP contribution in [0.1, 0.15) is 59.3 Å². The van der Waals surface area contributed by atoms with E-state index in [2.05, 4.69) is 16.0 Å². The number of rotatable bonds is 4. The summed E-state index contributed by atoms with van der Waals surface area (Å²) >= 11 is 0. The standard InChI is InChI=1S/C24H24N6O/c1-27-20-11-16(24(31)30-17-3-2-4-18(30)8-7-17)6-9-19(20)23(26)21-13-28-22-10-5-15(12-25)14-29(21)22/h5-6,9-11,13-14,17-18,26-27H,2-4,7-8H2,1H3/p+1. The fourth-order valence-corrected chi connectivity index (χ4v) is 5.13. The summed E-state index contributed by atoms with van der Waals surface area (Å²) in [5.41, 5.74) is 4.41. The minimum absolute atomic E-state index is 0.113. The summed E-state index contributed by atoms with van der Waals surface area (Å²) in [4.78, 5) is 19.8. The van der Waals surface area contributed by atoms with Crippen molar-refractivity contribution in [3.05, 3.63) is 65.1 Å². The van der Waals surface area contributed by atoms with Gasteiger partial charge in [-0.05, 0) is 56.4 Å². The van der Waals surface area contributed by atoms with E-state index in [-0.39, 0.29) is 5.91 Å². The maximum absolute atomic E-state index is 13.3. The van der Waals surface area contributed by atoms with Crippen LogP contribution in [-0.4, -0.2) is 45.0 Å². The number of nitriles is 1. The Morgan fingerprint density at radius 1 is 1.19 bits per heavy atom. The molecular weight excluding hydrogens is 388 g/mol. The average molecular weight is 414 g/mol. The van der Waals surface area contributed by atoms with Crippen LogP contribution >= 0.6 is 0 Å². The van der Waals surface area contributed by atoms with Crippen LogP contribution in [0.3, 0.4) is 0 Å². The molecule has 2 unspecified atom stereocenters. The lowest BCUT2D eigenvalue weighted by atomic mass is 9.99. The molecule has 31 heavy (non-hydrogen) atoms. The van der Waals surface area contributed by atoms with Crippen LogP contribution in [0.4, 0.5) is 5.69 Å². The molecule has 0 saturated carbocycles. The molecule has 7 heteroatoms. The van der Waals surface area contributed by atoms with E-state index in [1.165, 1.54) is 6.42 Å². The zero-order valence-electron chi connectivity index (χ0n) is 17.5. The van der Waals surface area contributed by atoms with Gasteiger partial charge >= 0.3 is 0 Å². The number of hydrogen-bond donors (Lipinski definition) is 2. The Morgan fingerprint density at radius 2 is 1.97 bits per heavy atom. The molecule has 2 saturated heterocycles. The number of nitrogens with zero attached hydrogens (tertiary/aromatic N) is 4. The van der Waals surface area contributed by atoms with Gasteiger partial charge in [-0.1, -0.05) is 0 Å². The van der Waals surface area contributed by atoms with Gasteiger partial charge in [0.1, 0.15) is 17.4 Å². The maximum atomic E-state index is 13.3. The molecule has 4 heterocycles. The zero-order valence-corrected chi connectivity index (χ0v) is 17.5. The van der Waals surface area contributed by atoms with Crippen molar-refractivity contribution in [3.8, 4) is 6.07 Å². The van der Waals surface area contributed by atoms with Crippen LogP contribution in [0, 0.1) is 16.7 Å². The van der Waals surface area contributed by atoms with Crippen LogP contribution in [0.15, 0.2) is 42.7 Å². The van der Waals surface area contributed by atoms with E-state index in [9.17, 15) is 10.1 Å². The molecule has 7 nitrogen and oxygen atoms in total. The van der Waals surface area contributed by atoms with Gasteiger partial charge in [0.05, 0.1) is 35.8 Å². The molecular formula is C24H25N6O+. The fourth-order valence-electron chi connectivity index (χ4n) is 5.13. The Kier molecular flexibility index (Phi) is 4.79. The van der Waals surface area contributed by atoms with Crippen LogP contribution in [0.25, 0.3) is 5.65 Å². The van der Waals surface area contributed by atoms with E-state index in [1.54, 1.807) is 28.9 Å². The molecule has 0 spiro atoms. The molecule has 2 aromatic heterocycles. The zero-order chi connectivity index (χ0) is 21.5. The van der Waals surface area contributed by atoms with Crippen LogP contribution in [0.5, 0.6) is 0 Å². The van der Waals surface area contributed by atoms with E-state index >= 15 is 0 Å². The Morgan fingerprint density at radius 3 is 2.68 bits per heavy atom. The lowest BCUT2D eigenvalue weighted by Gasteiger charge is -2.35. The number of carbonyl (C=O) groups excluding carboxylic acids is 1. The van der Waals surface area contributed by atoms with Crippen molar-refractivity contribution in [3.63, 3.8) is 0 Å². The number of fused-ring (bicyclic) bond motifs is 3. The van der Waals surface area contributed by atoms with Gasteiger partial charge in [0.25, 0.3) is 5.91 Å². The van der Waals surface area contributed by atoms with E-state index < -0.39 is 0 Å². The van der Waals surface area contributed by atoms with Crippen molar-refractivity contribution in [1.29, 1.82) is 10.7 Å². The van der Waals surface area contributed by atoms with Gasteiger partial charge in [0, 0.05) is 29.9 Å². The number of benzene rings is 1. The van der Waals surface area contributed by atoms with E-state index in [0.29, 0.717) is 40.3 Å². The van der Waals surface area contributed by atoms with Crippen molar-refractivity contribution < 1.29 is 10.1 Å². The van der Waals surface area contributed by atoms with Crippen LogP contribution in [-0.2, 0) is 0 Å². The Hall–Kier alpha value is -3.50. The number of aromatic nitrogens is 2. The number of imidazole rings is 1. The predicted molar refractivity (Wildman–Crippen MR) is 117 cm³/mol. The first-order valence-electron chi connectivity index (χ1n) is 10.8. The van der Waals surface area contributed by atoms with Gasteiger partial charge in [-0.15, -0.1) is 0 Å². The van der Waals surface area contributed by atoms with E-state index in [4.69, 9.17) is 5.41 Å². The Labute approximate surface area is 180 Å². The summed E-state index contributed by atoms with van der Waals surface area (Å²) in [5.74, 6) is 0.113. The second-order valence-corrected chi connectivity index (χ2v) is 8.40. The SMILES string of the molecule is C[NH2+]c1cc(C(=O)N2C3CCCC2CC3)ccc1C(=N)c1cnc2ccc(C#N)cn12. The number of hydrogen-bond acceptors (Lipinski definition) is 4. The monoisotopic (exact) mass is 413 g/mol. The molecule has 2 fully saturated rings. The third-order valence-electron chi connectivity index (χ3n) is 6.70. The van der Waals surface area contributed by atoms with Gasteiger partial charge in [-0.2, -0.15) is 5.26 Å². The normalized spacial score (nSPS) is 20.1. The molecule has 2 atom stereocenters. The maximum Gasteiger partial charge on any atom is 0.254 e. The van der Waals surface area contributed by atoms with Gasteiger partial charge < -0.3 is 10.2 Å². The van der Waals surface area contributed by atoms with Crippen molar-refractivity contribution in [2.75, 3.05) is 7.05 Å². The molecule has 2 aliphatic rings. The summed E-state index contributed by atoms with van der Waals surface area (Å²) < 4.78 is 1.77. The first-order chi connectivity index (χ1) is 15.1. The first kappa shape index (κ1) is 19.5. The number of carbonyl (C=O) groups is 1. The van der Waals surface area contributed by atoms with E-state index in [0.717, 1.165) is 36.9 Å². The summed E-state index contributed by atoms with van der Waals surface area (Å²) in [6.45, 7) is 0. The first-order valence-corrected chi connectivity index (χ1v) is 10.8. The molecule has 5 rings (SSSR count). The minimum Gasteiger partial charge on any atom is -0.333 e. The van der Waals surface area contributed by atoms with Crippen LogP contribution < -0.4 is 5.32 Å². The molecule has 156 valence electrons. The average Bonchev–Trinajstić information content (AvgIpc) is 3.34. The summed E-state index contributed by atoms with van der Waals surface area (Å²) in [6, 6.07) is 12.0. The van der Waals surface area contributed by atoms with Crippen molar-refractivity contribution in [1.82, 2.24) is 14.3 Å². The highest BCUT2D eigenvalue weighted by atomic mass is 16.2. The van der Waals surface area contributed by atoms with E-state index in [1.807, 2.05) is 30.6 Å². The number of piperidine rings is 1. The highest BCUT2D eigenvalue weighted by molar-refractivity contribution is 6.13. The Bertz CT molecular complexity index is 1220. The molecule has 0 aliphatic carbocycles. The molecule has 0 radical (unpaired) electrons. The van der Waals surface area contributed by atoms with Gasteiger partial charge in [-0.3, -0.25) is 14.6 Å². The van der Waals surface area contributed by atoms with Gasteiger partial charge in [0.2, 0.25) is 0 Å². The number of nitrogens with one attached hydrogen (secondary N) is 1. The Balaban J connectivity index is 1.49. The van der Waals surface area contributed by atoms with Crippen molar-refractivity contribution >= 4 is 23.0 Å². The summed E-state index contributed by atoms with van der Waals surface area (Å²) in [7, 11) is 1.92. The lowest BCUT2D eigenvalue weighted by Crippen LogP contribution is -2.73. The molecule has 1 amide bonds.